The molecule has 2 aliphatic heterocycles. The number of morpholine rings is 2. The van der Waals surface area contributed by atoms with Crippen LogP contribution >= 0.6 is 0 Å². The van der Waals surface area contributed by atoms with E-state index in [0.717, 1.165) is 83.4 Å². The van der Waals surface area contributed by atoms with E-state index in [0.29, 0.717) is 5.56 Å². The molecule has 0 aromatic heterocycles. The minimum absolute atomic E-state index is 0.0695. The number of anilines is 1. The van der Waals surface area contributed by atoms with Gasteiger partial charge in [0.2, 0.25) is 0 Å². The second-order valence-corrected chi connectivity index (χ2v) is 7.94. The third-order valence-electron chi connectivity index (χ3n) is 5.73. The van der Waals surface area contributed by atoms with Crippen molar-refractivity contribution in [1.82, 2.24) is 9.80 Å². The Balaban J connectivity index is 1.29. The lowest BCUT2D eigenvalue weighted by Crippen LogP contribution is -2.37. The number of hydrogen-bond acceptors (Lipinski definition) is 5. The smallest absolute Gasteiger partial charge is 0.255 e. The molecule has 0 bridgehead atoms. The van der Waals surface area contributed by atoms with Crippen LogP contribution in [0.1, 0.15) is 21.5 Å². The Morgan fingerprint density at radius 3 is 2.20 bits per heavy atom. The average molecular weight is 410 g/mol. The van der Waals surface area contributed by atoms with Crippen LogP contribution in [0.3, 0.4) is 0 Å². The Morgan fingerprint density at radius 1 is 0.833 bits per heavy atom. The quantitative estimate of drug-likeness (QED) is 0.762. The van der Waals surface area contributed by atoms with Crippen LogP contribution in [-0.4, -0.2) is 74.9 Å². The topological polar surface area (TPSA) is 54.0 Å². The first kappa shape index (κ1) is 21.0. The van der Waals surface area contributed by atoms with Crippen molar-refractivity contribution in [3.8, 4) is 0 Å². The SMILES string of the molecule is O=C(Nc1ccc(CCN2CCOCC2)cc1)c1cccc(CN2CCOCC2)c1. The van der Waals surface area contributed by atoms with Gasteiger partial charge in [-0.05, 0) is 41.8 Å². The molecule has 0 spiro atoms. The van der Waals surface area contributed by atoms with Gasteiger partial charge in [-0.2, -0.15) is 0 Å². The maximum absolute atomic E-state index is 12.7. The van der Waals surface area contributed by atoms with E-state index >= 15 is 0 Å². The molecule has 6 heteroatoms. The molecule has 1 N–H and O–H groups in total. The van der Waals surface area contributed by atoms with Crippen LogP contribution in [0.15, 0.2) is 48.5 Å². The van der Waals surface area contributed by atoms with Crippen molar-refractivity contribution in [2.75, 3.05) is 64.5 Å². The lowest BCUT2D eigenvalue weighted by atomic mass is 10.1. The molecule has 30 heavy (non-hydrogen) atoms. The summed E-state index contributed by atoms with van der Waals surface area (Å²) in [5.41, 5.74) is 3.96. The molecule has 2 saturated heterocycles. The number of rotatable bonds is 7. The Labute approximate surface area is 178 Å². The summed E-state index contributed by atoms with van der Waals surface area (Å²) in [4.78, 5) is 17.5. The molecule has 0 saturated carbocycles. The van der Waals surface area contributed by atoms with Crippen molar-refractivity contribution in [3.63, 3.8) is 0 Å². The highest BCUT2D eigenvalue weighted by Gasteiger charge is 2.13. The fourth-order valence-electron chi connectivity index (χ4n) is 3.90. The highest BCUT2D eigenvalue weighted by Crippen LogP contribution is 2.15. The van der Waals surface area contributed by atoms with Crippen LogP contribution in [0.2, 0.25) is 0 Å². The standard InChI is InChI=1S/C24H31N3O3/c28-24(22-3-1-2-21(18-22)19-27-12-16-30-17-13-27)25-23-6-4-20(5-7-23)8-9-26-10-14-29-15-11-26/h1-7,18H,8-17,19H2,(H,25,28). The maximum atomic E-state index is 12.7. The first-order valence-corrected chi connectivity index (χ1v) is 10.9. The van der Waals surface area contributed by atoms with Gasteiger partial charge in [-0.3, -0.25) is 14.6 Å². The van der Waals surface area contributed by atoms with E-state index < -0.39 is 0 Å². The molecule has 1 amide bonds. The molecule has 6 nitrogen and oxygen atoms in total. The molecule has 2 aromatic carbocycles. The molecule has 0 atom stereocenters. The summed E-state index contributed by atoms with van der Waals surface area (Å²) in [5, 5.41) is 3.02. The van der Waals surface area contributed by atoms with E-state index in [1.807, 2.05) is 30.3 Å². The van der Waals surface area contributed by atoms with Gasteiger partial charge in [-0.25, -0.2) is 0 Å². The third kappa shape index (κ3) is 6.12. The van der Waals surface area contributed by atoms with Gasteiger partial charge in [0.15, 0.2) is 0 Å². The van der Waals surface area contributed by atoms with Crippen molar-refractivity contribution >= 4 is 11.6 Å². The summed E-state index contributed by atoms with van der Waals surface area (Å²) in [6.45, 7) is 9.02. The van der Waals surface area contributed by atoms with Crippen LogP contribution in [0.5, 0.6) is 0 Å². The van der Waals surface area contributed by atoms with E-state index in [-0.39, 0.29) is 5.91 Å². The van der Waals surface area contributed by atoms with Crippen molar-refractivity contribution < 1.29 is 14.3 Å². The van der Waals surface area contributed by atoms with E-state index in [9.17, 15) is 4.79 Å². The number of carbonyl (C=O) groups is 1. The zero-order valence-corrected chi connectivity index (χ0v) is 17.5. The van der Waals surface area contributed by atoms with Gasteiger partial charge in [-0.1, -0.05) is 24.3 Å². The van der Waals surface area contributed by atoms with Gasteiger partial charge in [0.25, 0.3) is 5.91 Å². The first-order valence-electron chi connectivity index (χ1n) is 10.9. The summed E-state index contributed by atoms with van der Waals surface area (Å²) in [5.74, 6) is -0.0695. The van der Waals surface area contributed by atoms with Gasteiger partial charge in [-0.15, -0.1) is 0 Å². The van der Waals surface area contributed by atoms with Crippen LogP contribution in [0.25, 0.3) is 0 Å². The Hall–Kier alpha value is -2.25. The first-order chi connectivity index (χ1) is 14.8. The minimum Gasteiger partial charge on any atom is -0.379 e. The van der Waals surface area contributed by atoms with Gasteiger partial charge >= 0.3 is 0 Å². The van der Waals surface area contributed by atoms with E-state index in [1.54, 1.807) is 0 Å². The molecule has 4 rings (SSSR count). The molecule has 0 aliphatic carbocycles. The number of benzene rings is 2. The monoisotopic (exact) mass is 409 g/mol. The molecule has 0 unspecified atom stereocenters. The molecular formula is C24H31N3O3. The van der Waals surface area contributed by atoms with Gasteiger partial charge in [0, 0.05) is 50.5 Å². The highest BCUT2D eigenvalue weighted by atomic mass is 16.5. The van der Waals surface area contributed by atoms with Crippen molar-refractivity contribution in [1.29, 1.82) is 0 Å². The molecule has 2 aromatic rings. The predicted octanol–water partition coefficient (Wildman–Crippen LogP) is 2.65. The number of amides is 1. The summed E-state index contributed by atoms with van der Waals surface area (Å²) in [6.07, 6.45) is 1.01. The number of hydrogen-bond donors (Lipinski definition) is 1. The lowest BCUT2D eigenvalue weighted by molar-refractivity contribution is 0.0342. The summed E-state index contributed by atoms with van der Waals surface area (Å²) in [7, 11) is 0. The average Bonchev–Trinajstić information content (AvgIpc) is 2.80. The minimum atomic E-state index is -0.0695. The predicted molar refractivity (Wildman–Crippen MR) is 118 cm³/mol. The molecule has 2 heterocycles. The van der Waals surface area contributed by atoms with Crippen molar-refractivity contribution in [2.24, 2.45) is 0 Å². The Kier molecular flexibility index (Phi) is 7.48. The van der Waals surface area contributed by atoms with Crippen LogP contribution in [0.4, 0.5) is 5.69 Å². The third-order valence-corrected chi connectivity index (χ3v) is 5.73. The number of nitrogens with one attached hydrogen (secondary N) is 1. The summed E-state index contributed by atoms with van der Waals surface area (Å²) in [6, 6.07) is 16.1. The second kappa shape index (κ2) is 10.7. The van der Waals surface area contributed by atoms with Crippen LogP contribution in [0, 0.1) is 0 Å². The highest BCUT2D eigenvalue weighted by molar-refractivity contribution is 6.04. The Bertz CT molecular complexity index is 813. The van der Waals surface area contributed by atoms with Crippen molar-refractivity contribution in [2.45, 2.75) is 13.0 Å². The fraction of sp³-hybridized carbons (Fsp3) is 0.458. The largest absolute Gasteiger partial charge is 0.379 e. The van der Waals surface area contributed by atoms with E-state index in [2.05, 4.69) is 33.3 Å². The van der Waals surface area contributed by atoms with Gasteiger partial charge in [0.1, 0.15) is 0 Å². The molecule has 160 valence electrons. The fourth-order valence-corrected chi connectivity index (χ4v) is 3.90. The number of nitrogens with zero attached hydrogens (tertiary/aromatic N) is 2. The van der Waals surface area contributed by atoms with Crippen LogP contribution < -0.4 is 5.32 Å². The zero-order chi connectivity index (χ0) is 20.6. The number of carbonyl (C=O) groups excluding carboxylic acids is 1. The molecule has 2 fully saturated rings. The second-order valence-electron chi connectivity index (χ2n) is 7.94. The molecular weight excluding hydrogens is 378 g/mol. The van der Waals surface area contributed by atoms with Gasteiger partial charge < -0.3 is 14.8 Å². The van der Waals surface area contributed by atoms with E-state index in [4.69, 9.17) is 9.47 Å². The lowest BCUT2D eigenvalue weighted by Gasteiger charge is -2.26. The molecule has 2 aliphatic rings. The Morgan fingerprint density at radius 2 is 1.50 bits per heavy atom. The van der Waals surface area contributed by atoms with Crippen LogP contribution in [-0.2, 0) is 22.4 Å². The van der Waals surface area contributed by atoms with Crippen molar-refractivity contribution in [3.05, 3.63) is 65.2 Å². The normalized spacial score (nSPS) is 18.3. The maximum Gasteiger partial charge on any atom is 0.255 e. The van der Waals surface area contributed by atoms with E-state index in [1.165, 1.54) is 5.56 Å². The van der Waals surface area contributed by atoms with Gasteiger partial charge in [0.05, 0.1) is 26.4 Å². The molecule has 0 radical (unpaired) electrons. The number of ether oxygens (including phenoxy) is 2. The summed E-state index contributed by atoms with van der Waals surface area (Å²) < 4.78 is 10.8. The summed E-state index contributed by atoms with van der Waals surface area (Å²) >= 11 is 0. The zero-order valence-electron chi connectivity index (χ0n) is 17.5.